The van der Waals surface area contributed by atoms with Gasteiger partial charge in [-0.05, 0) is 30.2 Å². The molecular formula is C25H26N2O3. The van der Waals surface area contributed by atoms with Crippen molar-refractivity contribution in [2.45, 2.75) is 19.4 Å². The van der Waals surface area contributed by atoms with Gasteiger partial charge in [0, 0.05) is 18.2 Å². The average molecular weight is 402 g/mol. The summed E-state index contributed by atoms with van der Waals surface area (Å²) in [7, 11) is 0. The smallest absolute Gasteiger partial charge is 0.238 e. The maximum atomic E-state index is 12.6. The third-order valence-corrected chi connectivity index (χ3v) is 5.04. The molecule has 3 aromatic carbocycles. The molecule has 0 spiro atoms. The number of hydrogen-bond acceptors (Lipinski definition) is 4. The topological polar surface area (TPSA) is 59.6 Å². The Kier molecular flexibility index (Phi) is 6.30. The first-order valence-corrected chi connectivity index (χ1v) is 10.2. The number of ether oxygens (including phenoxy) is 2. The quantitative estimate of drug-likeness (QED) is 0.639. The zero-order valence-electron chi connectivity index (χ0n) is 17.1. The van der Waals surface area contributed by atoms with Crippen LogP contribution in [0.1, 0.15) is 29.2 Å². The Balaban J connectivity index is 1.44. The lowest BCUT2D eigenvalue weighted by Gasteiger charge is -2.20. The van der Waals surface area contributed by atoms with Gasteiger partial charge in [0.25, 0.3) is 0 Å². The van der Waals surface area contributed by atoms with Crippen LogP contribution in [0.2, 0.25) is 0 Å². The van der Waals surface area contributed by atoms with E-state index in [0.29, 0.717) is 30.4 Å². The van der Waals surface area contributed by atoms with E-state index in [0.717, 1.165) is 17.5 Å². The van der Waals surface area contributed by atoms with E-state index in [-0.39, 0.29) is 18.5 Å². The Morgan fingerprint density at radius 1 is 0.900 bits per heavy atom. The molecule has 1 heterocycles. The van der Waals surface area contributed by atoms with Gasteiger partial charge in [-0.3, -0.25) is 10.1 Å². The fourth-order valence-corrected chi connectivity index (χ4v) is 3.47. The summed E-state index contributed by atoms with van der Waals surface area (Å²) in [6.07, 6.45) is 0.847. The molecule has 5 nitrogen and oxygen atoms in total. The van der Waals surface area contributed by atoms with Gasteiger partial charge in [0.1, 0.15) is 0 Å². The number of amides is 1. The van der Waals surface area contributed by atoms with Crippen molar-refractivity contribution >= 4 is 11.6 Å². The van der Waals surface area contributed by atoms with Crippen molar-refractivity contribution in [3.63, 3.8) is 0 Å². The normalized spacial score (nSPS) is 13.9. The van der Waals surface area contributed by atoms with Crippen LogP contribution in [0.15, 0.2) is 72.8 Å². The number of nitrogens with one attached hydrogen (secondary N) is 2. The van der Waals surface area contributed by atoms with Gasteiger partial charge >= 0.3 is 0 Å². The maximum Gasteiger partial charge on any atom is 0.238 e. The molecule has 5 heteroatoms. The molecule has 0 aliphatic carbocycles. The van der Waals surface area contributed by atoms with Gasteiger partial charge in [-0.25, -0.2) is 0 Å². The molecule has 1 amide bonds. The van der Waals surface area contributed by atoms with Crippen LogP contribution in [0.5, 0.6) is 11.5 Å². The SMILES string of the molecule is Cc1ccc([C@H](NCC(=O)Nc2ccc3c(c2)OCCCO3)c2ccccc2)cc1. The van der Waals surface area contributed by atoms with Crippen molar-refractivity contribution in [3.8, 4) is 11.5 Å². The molecule has 0 saturated heterocycles. The molecule has 0 unspecified atom stereocenters. The van der Waals surface area contributed by atoms with E-state index in [1.807, 2.05) is 36.4 Å². The molecule has 0 fully saturated rings. The first kappa shape index (κ1) is 20.0. The van der Waals surface area contributed by atoms with E-state index in [4.69, 9.17) is 9.47 Å². The number of hydrogen-bond donors (Lipinski definition) is 2. The second-order valence-electron chi connectivity index (χ2n) is 7.40. The summed E-state index contributed by atoms with van der Waals surface area (Å²) < 4.78 is 11.3. The lowest BCUT2D eigenvalue weighted by molar-refractivity contribution is -0.115. The number of anilines is 1. The van der Waals surface area contributed by atoms with Crippen LogP contribution >= 0.6 is 0 Å². The molecule has 30 heavy (non-hydrogen) atoms. The predicted octanol–water partition coefficient (Wildman–Crippen LogP) is 4.47. The van der Waals surface area contributed by atoms with Crippen LogP contribution in [0.25, 0.3) is 0 Å². The van der Waals surface area contributed by atoms with Gasteiger partial charge in [-0.2, -0.15) is 0 Å². The Morgan fingerprint density at radius 2 is 1.60 bits per heavy atom. The number of aryl methyl sites for hydroxylation is 1. The minimum atomic E-state index is -0.113. The van der Waals surface area contributed by atoms with Gasteiger partial charge in [-0.15, -0.1) is 0 Å². The minimum absolute atomic E-state index is 0.0682. The van der Waals surface area contributed by atoms with E-state index in [9.17, 15) is 4.79 Å². The monoisotopic (exact) mass is 402 g/mol. The third-order valence-electron chi connectivity index (χ3n) is 5.04. The number of rotatable bonds is 6. The van der Waals surface area contributed by atoms with Crippen LogP contribution in [0.3, 0.4) is 0 Å². The van der Waals surface area contributed by atoms with E-state index in [2.05, 4.69) is 54.0 Å². The summed E-state index contributed by atoms with van der Waals surface area (Å²) in [5.74, 6) is 1.27. The summed E-state index contributed by atoms with van der Waals surface area (Å²) in [6.45, 7) is 3.50. The number of carbonyl (C=O) groups is 1. The van der Waals surface area contributed by atoms with Gasteiger partial charge in [-0.1, -0.05) is 60.2 Å². The molecule has 0 radical (unpaired) electrons. The summed E-state index contributed by atoms with van der Waals surface area (Å²) in [4.78, 5) is 12.6. The van der Waals surface area contributed by atoms with E-state index >= 15 is 0 Å². The molecule has 154 valence electrons. The van der Waals surface area contributed by atoms with Crippen molar-refractivity contribution in [3.05, 3.63) is 89.5 Å². The van der Waals surface area contributed by atoms with Gasteiger partial charge in [0.05, 0.1) is 25.8 Å². The van der Waals surface area contributed by atoms with Gasteiger partial charge < -0.3 is 14.8 Å². The third kappa shape index (κ3) is 4.99. The summed E-state index contributed by atoms with van der Waals surface area (Å²) in [6, 6.07) is 23.9. The number of fused-ring (bicyclic) bond motifs is 1. The number of carbonyl (C=O) groups excluding carboxylic acids is 1. The molecule has 1 atom stereocenters. The molecular weight excluding hydrogens is 376 g/mol. The van der Waals surface area contributed by atoms with Crippen molar-refractivity contribution in [1.82, 2.24) is 5.32 Å². The van der Waals surface area contributed by atoms with Crippen molar-refractivity contribution in [1.29, 1.82) is 0 Å². The zero-order valence-corrected chi connectivity index (χ0v) is 17.1. The Bertz CT molecular complexity index is 987. The fourth-order valence-electron chi connectivity index (χ4n) is 3.47. The summed E-state index contributed by atoms with van der Waals surface area (Å²) in [5, 5.41) is 6.34. The Hall–Kier alpha value is -3.31. The maximum absolute atomic E-state index is 12.6. The van der Waals surface area contributed by atoms with E-state index < -0.39 is 0 Å². The largest absolute Gasteiger partial charge is 0.490 e. The summed E-state index contributed by atoms with van der Waals surface area (Å²) in [5.41, 5.74) is 4.13. The highest BCUT2D eigenvalue weighted by atomic mass is 16.5. The van der Waals surface area contributed by atoms with Crippen LogP contribution in [-0.2, 0) is 4.79 Å². The average Bonchev–Trinajstić information content (AvgIpc) is 3.01. The molecule has 3 aromatic rings. The Morgan fingerprint density at radius 3 is 2.37 bits per heavy atom. The zero-order chi connectivity index (χ0) is 20.8. The molecule has 4 rings (SSSR count). The molecule has 2 N–H and O–H groups in total. The van der Waals surface area contributed by atoms with Crippen molar-refractivity contribution < 1.29 is 14.3 Å². The highest BCUT2D eigenvalue weighted by Crippen LogP contribution is 2.32. The predicted molar refractivity (Wildman–Crippen MR) is 118 cm³/mol. The molecule has 1 aliphatic rings. The second-order valence-corrected chi connectivity index (χ2v) is 7.40. The van der Waals surface area contributed by atoms with Gasteiger partial charge in [0.2, 0.25) is 5.91 Å². The van der Waals surface area contributed by atoms with Crippen LogP contribution in [-0.4, -0.2) is 25.7 Å². The lowest BCUT2D eigenvalue weighted by Crippen LogP contribution is -2.31. The minimum Gasteiger partial charge on any atom is -0.490 e. The summed E-state index contributed by atoms with van der Waals surface area (Å²) >= 11 is 0. The van der Waals surface area contributed by atoms with Crippen molar-refractivity contribution in [2.75, 3.05) is 25.1 Å². The van der Waals surface area contributed by atoms with Crippen molar-refractivity contribution in [2.24, 2.45) is 0 Å². The number of benzene rings is 3. The standard InChI is InChI=1S/C25H26N2O3/c1-18-8-10-20(11-9-18)25(19-6-3-2-4-7-19)26-17-24(28)27-21-12-13-22-23(16-21)30-15-5-14-29-22/h2-4,6-13,16,25-26H,5,14-15,17H2,1H3,(H,27,28)/t25-/m1/s1. The second kappa shape index (κ2) is 9.46. The van der Waals surface area contributed by atoms with Crippen LogP contribution < -0.4 is 20.1 Å². The van der Waals surface area contributed by atoms with Gasteiger partial charge in [0.15, 0.2) is 11.5 Å². The highest BCUT2D eigenvalue weighted by molar-refractivity contribution is 5.92. The lowest BCUT2D eigenvalue weighted by atomic mass is 9.98. The van der Waals surface area contributed by atoms with Crippen LogP contribution in [0.4, 0.5) is 5.69 Å². The van der Waals surface area contributed by atoms with Crippen LogP contribution in [0, 0.1) is 6.92 Å². The highest BCUT2D eigenvalue weighted by Gasteiger charge is 2.16. The fraction of sp³-hybridized carbons (Fsp3) is 0.240. The first-order valence-electron chi connectivity index (χ1n) is 10.2. The molecule has 1 aliphatic heterocycles. The Labute approximate surface area is 177 Å². The molecule has 0 saturated carbocycles. The van der Waals surface area contributed by atoms with E-state index in [1.54, 1.807) is 0 Å². The molecule has 0 bridgehead atoms. The molecule has 0 aromatic heterocycles. The first-order chi connectivity index (χ1) is 14.7. The van der Waals surface area contributed by atoms with E-state index in [1.165, 1.54) is 5.56 Å².